The molecule has 0 aliphatic rings. The molecule has 0 fully saturated rings. The smallest absolute Gasteiger partial charge is 0.206 e. The Balaban J connectivity index is 1.57. The summed E-state index contributed by atoms with van der Waals surface area (Å²) < 4.78 is 1.74. The fourth-order valence-corrected chi connectivity index (χ4v) is 5.24. The minimum atomic E-state index is 0.00909. The molecule has 2 aromatic heterocycles. The largest absolute Gasteiger partial charge is 0.510 e. The average molecular weight is 446 g/mol. The summed E-state index contributed by atoms with van der Waals surface area (Å²) in [5.74, 6) is 1.01. The van der Waals surface area contributed by atoms with Crippen LogP contribution in [0.15, 0.2) is 34.4 Å². The number of nitriles is 1. The molecule has 0 saturated carbocycles. The Morgan fingerprint density at radius 1 is 1.31 bits per heavy atom. The molecule has 0 radical (unpaired) electrons. The van der Waals surface area contributed by atoms with Crippen molar-refractivity contribution in [2.24, 2.45) is 5.92 Å². The molecule has 1 aromatic carbocycles. The Hall–Kier alpha value is -2.15. The van der Waals surface area contributed by atoms with Gasteiger partial charge in [0.2, 0.25) is 5.13 Å². The average Bonchev–Trinajstić information content (AvgIpc) is 3.36. The van der Waals surface area contributed by atoms with Crippen LogP contribution in [0.5, 0.6) is 0 Å². The van der Waals surface area contributed by atoms with Crippen molar-refractivity contribution in [3.63, 3.8) is 0 Å². The van der Waals surface area contributed by atoms with Gasteiger partial charge in [-0.15, -0.1) is 21.5 Å². The second-order valence-electron chi connectivity index (χ2n) is 6.66. The van der Waals surface area contributed by atoms with Gasteiger partial charge < -0.3 is 10.4 Å². The highest BCUT2D eigenvalue weighted by atomic mass is 32.2. The van der Waals surface area contributed by atoms with Gasteiger partial charge in [-0.1, -0.05) is 55.5 Å². The number of thioether (sulfide) groups is 1. The lowest BCUT2D eigenvalue weighted by atomic mass is 10.0. The van der Waals surface area contributed by atoms with Crippen LogP contribution in [0.4, 0.5) is 5.13 Å². The molecule has 0 aliphatic carbocycles. The van der Waals surface area contributed by atoms with Crippen LogP contribution in [0.2, 0.25) is 0 Å². The zero-order valence-electron chi connectivity index (χ0n) is 16.4. The summed E-state index contributed by atoms with van der Waals surface area (Å²) in [7, 11) is 0. The van der Waals surface area contributed by atoms with E-state index in [2.05, 4.69) is 40.4 Å². The third-order valence-electron chi connectivity index (χ3n) is 4.49. The van der Waals surface area contributed by atoms with Crippen LogP contribution in [0.1, 0.15) is 38.1 Å². The number of allylic oxidation sites excluding steroid dienone is 1. The van der Waals surface area contributed by atoms with Gasteiger partial charge in [-0.05, 0) is 30.9 Å². The van der Waals surface area contributed by atoms with E-state index in [4.69, 9.17) is 0 Å². The number of fused-ring (bicyclic) bond motifs is 1. The number of hydrogen-bond donors (Lipinski definition) is 2. The van der Waals surface area contributed by atoms with E-state index in [0.717, 1.165) is 38.6 Å². The first kappa shape index (κ1) is 21.6. The molecule has 0 unspecified atom stereocenters. The fourth-order valence-electron chi connectivity index (χ4n) is 2.61. The SMILES string of the molecule is CC[C@H](C)CCCNc1nnc(SC/C(O)=C(\C#N)c2nc3ccccc3s2)s1. The lowest BCUT2D eigenvalue weighted by molar-refractivity contribution is 0.421. The van der Waals surface area contributed by atoms with Gasteiger partial charge in [0.05, 0.1) is 16.0 Å². The van der Waals surface area contributed by atoms with Crippen molar-refractivity contribution in [2.75, 3.05) is 17.6 Å². The molecule has 9 heteroatoms. The molecule has 152 valence electrons. The van der Waals surface area contributed by atoms with Gasteiger partial charge in [0.1, 0.15) is 22.4 Å². The van der Waals surface area contributed by atoms with Gasteiger partial charge >= 0.3 is 0 Å². The number of thiazole rings is 1. The zero-order chi connectivity index (χ0) is 20.6. The fraction of sp³-hybridized carbons (Fsp3) is 0.400. The molecule has 0 aliphatic heterocycles. The second kappa shape index (κ2) is 10.6. The van der Waals surface area contributed by atoms with Crippen molar-refractivity contribution in [3.8, 4) is 6.07 Å². The first-order valence-corrected chi connectivity index (χ1v) is 12.1. The van der Waals surface area contributed by atoms with Gasteiger partial charge in [-0.25, -0.2) is 4.98 Å². The maximum Gasteiger partial charge on any atom is 0.206 e. The number of anilines is 1. The molecule has 3 aromatic rings. The number of aliphatic hydroxyl groups excluding tert-OH is 1. The molecule has 0 bridgehead atoms. The van der Waals surface area contributed by atoms with Gasteiger partial charge in [-0.3, -0.25) is 0 Å². The monoisotopic (exact) mass is 445 g/mol. The number of nitrogens with zero attached hydrogens (tertiary/aromatic N) is 4. The lowest BCUT2D eigenvalue weighted by Gasteiger charge is -2.07. The number of benzene rings is 1. The number of nitrogens with one attached hydrogen (secondary N) is 1. The first-order chi connectivity index (χ1) is 14.1. The maximum atomic E-state index is 10.4. The Bertz CT molecular complexity index is 987. The molecule has 1 atom stereocenters. The van der Waals surface area contributed by atoms with E-state index < -0.39 is 0 Å². The number of rotatable bonds is 10. The van der Waals surface area contributed by atoms with E-state index in [9.17, 15) is 10.4 Å². The van der Waals surface area contributed by atoms with Crippen LogP contribution in [-0.2, 0) is 0 Å². The van der Waals surface area contributed by atoms with Crippen LogP contribution < -0.4 is 5.32 Å². The third kappa shape index (κ3) is 5.92. The zero-order valence-corrected chi connectivity index (χ0v) is 18.8. The van der Waals surface area contributed by atoms with E-state index in [0.29, 0.717) is 5.01 Å². The standard InChI is InChI=1S/C20H23N5OS3/c1-3-13(2)7-6-10-22-19-24-25-20(29-19)27-12-16(26)14(11-21)18-23-15-8-4-5-9-17(15)28-18/h4-5,8-9,13,26H,3,6-7,10,12H2,1-2H3,(H,22,24)/b16-14-/t13-/m0/s1. The maximum absolute atomic E-state index is 10.4. The minimum Gasteiger partial charge on any atom is -0.510 e. The van der Waals surface area contributed by atoms with Crippen molar-refractivity contribution in [3.05, 3.63) is 35.0 Å². The normalized spacial score (nSPS) is 13.1. The molecule has 3 rings (SSSR count). The van der Waals surface area contributed by atoms with Crippen LogP contribution >= 0.6 is 34.4 Å². The van der Waals surface area contributed by atoms with Crippen LogP contribution in [0.3, 0.4) is 0 Å². The summed E-state index contributed by atoms with van der Waals surface area (Å²) in [5.41, 5.74) is 1.04. The third-order valence-corrected chi connectivity index (χ3v) is 7.57. The van der Waals surface area contributed by atoms with Crippen molar-refractivity contribution in [1.82, 2.24) is 15.2 Å². The van der Waals surface area contributed by atoms with Crippen molar-refractivity contribution in [1.29, 1.82) is 5.26 Å². The van der Waals surface area contributed by atoms with E-state index in [1.807, 2.05) is 24.3 Å². The van der Waals surface area contributed by atoms with E-state index >= 15 is 0 Å². The highest BCUT2D eigenvalue weighted by Crippen LogP contribution is 2.31. The molecule has 0 amide bonds. The molecular formula is C20H23N5OS3. The molecule has 2 N–H and O–H groups in total. The predicted octanol–water partition coefficient (Wildman–Crippen LogP) is 5.97. The molecular weight excluding hydrogens is 422 g/mol. The molecule has 2 heterocycles. The summed E-state index contributed by atoms with van der Waals surface area (Å²) in [4.78, 5) is 4.46. The van der Waals surface area contributed by atoms with E-state index in [1.165, 1.54) is 47.3 Å². The molecule has 0 spiro atoms. The topological polar surface area (TPSA) is 94.7 Å². The number of para-hydroxylation sites is 1. The van der Waals surface area contributed by atoms with E-state index in [1.54, 1.807) is 0 Å². The van der Waals surface area contributed by atoms with Crippen molar-refractivity contribution in [2.45, 2.75) is 37.4 Å². The quantitative estimate of drug-likeness (QED) is 0.172. The number of aliphatic hydroxyl groups is 1. The summed E-state index contributed by atoms with van der Waals surface area (Å²) in [5, 5.41) is 32.9. The summed E-state index contributed by atoms with van der Waals surface area (Å²) in [6, 6.07) is 9.78. The molecule has 29 heavy (non-hydrogen) atoms. The Labute approximate surface area is 182 Å². The Morgan fingerprint density at radius 2 is 2.14 bits per heavy atom. The van der Waals surface area contributed by atoms with Crippen LogP contribution in [0, 0.1) is 17.2 Å². The first-order valence-electron chi connectivity index (χ1n) is 9.49. The molecule has 6 nitrogen and oxygen atoms in total. The van der Waals surface area contributed by atoms with Gasteiger partial charge in [-0.2, -0.15) is 5.26 Å². The van der Waals surface area contributed by atoms with Crippen molar-refractivity contribution >= 4 is 55.4 Å². The van der Waals surface area contributed by atoms with Gasteiger partial charge in [0.25, 0.3) is 0 Å². The van der Waals surface area contributed by atoms with E-state index in [-0.39, 0.29) is 17.1 Å². The number of hydrogen-bond acceptors (Lipinski definition) is 9. The Morgan fingerprint density at radius 3 is 2.90 bits per heavy atom. The summed E-state index contributed by atoms with van der Waals surface area (Å²) in [6.07, 6.45) is 3.51. The van der Waals surface area contributed by atoms with Crippen LogP contribution in [-0.4, -0.2) is 32.6 Å². The summed E-state index contributed by atoms with van der Waals surface area (Å²) >= 11 is 4.23. The summed E-state index contributed by atoms with van der Waals surface area (Å²) in [6.45, 7) is 5.36. The van der Waals surface area contributed by atoms with Gasteiger partial charge in [0.15, 0.2) is 4.34 Å². The predicted molar refractivity (Wildman–Crippen MR) is 123 cm³/mol. The van der Waals surface area contributed by atoms with Crippen LogP contribution in [0.25, 0.3) is 15.8 Å². The van der Waals surface area contributed by atoms with Gasteiger partial charge in [0, 0.05) is 6.54 Å². The lowest BCUT2D eigenvalue weighted by Crippen LogP contribution is -2.03. The Kier molecular flexibility index (Phi) is 7.86. The van der Waals surface area contributed by atoms with Crippen molar-refractivity contribution < 1.29 is 5.11 Å². The minimum absolute atomic E-state index is 0.00909. The highest BCUT2D eigenvalue weighted by Gasteiger charge is 2.15. The highest BCUT2D eigenvalue weighted by molar-refractivity contribution is 8.01. The molecule has 0 saturated heterocycles. The second-order valence-corrected chi connectivity index (χ2v) is 9.90. The number of aromatic nitrogens is 3.